The van der Waals surface area contributed by atoms with E-state index in [1.54, 1.807) is 18.3 Å². The number of pyridine rings is 1. The highest BCUT2D eigenvalue weighted by molar-refractivity contribution is 5.82. The van der Waals surface area contributed by atoms with Crippen LogP contribution in [0.25, 0.3) is 0 Å². The number of ether oxygens (including phenoxy) is 2. The average Bonchev–Trinajstić information content (AvgIpc) is 2.51. The van der Waals surface area contributed by atoms with Crippen molar-refractivity contribution in [3.05, 3.63) is 72.4 Å². The minimum atomic E-state index is -0.522. The summed E-state index contributed by atoms with van der Waals surface area (Å²) < 4.78 is 11.2. The molecular formula is C19H21NO3. The van der Waals surface area contributed by atoms with Gasteiger partial charge in [-0.3, -0.25) is 0 Å². The van der Waals surface area contributed by atoms with Gasteiger partial charge in [-0.05, 0) is 38.5 Å². The van der Waals surface area contributed by atoms with Crippen LogP contribution >= 0.6 is 0 Å². The number of carbonyl (C=O) groups excluding carboxylic acids is 1. The third-order valence-electron chi connectivity index (χ3n) is 2.83. The van der Waals surface area contributed by atoms with E-state index in [0.29, 0.717) is 5.88 Å². The van der Waals surface area contributed by atoms with Crippen molar-refractivity contribution in [3.8, 4) is 5.88 Å². The van der Waals surface area contributed by atoms with Crippen molar-refractivity contribution in [3.63, 3.8) is 0 Å². The van der Waals surface area contributed by atoms with Crippen LogP contribution < -0.4 is 4.74 Å². The molecule has 1 heterocycles. The molecule has 0 fully saturated rings. The molecule has 2 rings (SSSR count). The Morgan fingerprint density at radius 3 is 2.39 bits per heavy atom. The Morgan fingerprint density at radius 1 is 1.09 bits per heavy atom. The lowest BCUT2D eigenvalue weighted by atomic mass is 10.1. The average molecular weight is 311 g/mol. The van der Waals surface area contributed by atoms with Crippen molar-refractivity contribution in [1.82, 2.24) is 4.98 Å². The molecular weight excluding hydrogens is 290 g/mol. The molecule has 0 aliphatic rings. The van der Waals surface area contributed by atoms with Gasteiger partial charge in [0.05, 0.1) is 0 Å². The van der Waals surface area contributed by atoms with Gasteiger partial charge in [0.1, 0.15) is 11.7 Å². The number of nitrogens with zero attached hydrogens (tertiary/aromatic N) is 1. The molecule has 1 aromatic heterocycles. The zero-order chi connectivity index (χ0) is 16.7. The van der Waals surface area contributed by atoms with Crippen LogP contribution in [0.15, 0.2) is 66.9 Å². The highest BCUT2D eigenvalue weighted by Gasteiger charge is 2.16. The Hall–Kier alpha value is -2.62. The molecule has 0 bridgehead atoms. The second-order valence-electron chi connectivity index (χ2n) is 6.01. The molecule has 0 radical (unpaired) electrons. The molecule has 0 saturated carbocycles. The van der Waals surface area contributed by atoms with Gasteiger partial charge in [0.2, 0.25) is 5.88 Å². The molecule has 1 aromatic carbocycles. The van der Waals surface area contributed by atoms with Gasteiger partial charge in [0.25, 0.3) is 0 Å². The van der Waals surface area contributed by atoms with Crippen molar-refractivity contribution < 1.29 is 14.3 Å². The second kappa shape index (κ2) is 7.58. The standard InChI is InChI=1S/C19H21NO3/c1-19(2,3)23-18(21)13-12-16(15-9-5-4-6-10-15)22-17-11-7-8-14-20-17/h4-14,16H,1-3H3/b13-12+. The van der Waals surface area contributed by atoms with Crippen LogP contribution in [0.4, 0.5) is 0 Å². The summed E-state index contributed by atoms with van der Waals surface area (Å²) in [7, 11) is 0. The van der Waals surface area contributed by atoms with Crippen molar-refractivity contribution in [2.75, 3.05) is 0 Å². The molecule has 0 aliphatic carbocycles. The lowest BCUT2D eigenvalue weighted by Crippen LogP contribution is -2.22. The van der Waals surface area contributed by atoms with E-state index < -0.39 is 17.7 Å². The quantitative estimate of drug-likeness (QED) is 0.616. The van der Waals surface area contributed by atoms with Gasteiger partial charge in [-0.25, -0.2) is 9.78 Å². The Balaban J connectivity index is 2.16. The third kappa shape index (κ3) is 5.94. The number of aromatic nitrogens is 1. The maximum atomic E-state index is 11.9. The topological polar surface area (TPSA) is 48.4 Å². The van der Waals surface area contributed by atoms with Crippen LogP contribution in [-0.2, 0) is 9.53 Å². The summed E-state index contributed by atoms with van der Waals surface area (Å²) in [5.41, 5.74) is 0.406. The number of benzene rings is 1. The first-order valence-corrected chi connectivity index (χ1v) is 7.48. The maximum Gasteiger partial charge on any atom is 0.331 e. The van der Waals surface area contributed by atoms with E-state index in [1.807, 2.05) is 63.2 Å². The van der Waals surface area contributed by atoms with Crippen LogP contribution in [0.1, 0.15) is 32.4 Å². The van der Waals surface area contributed by atoms with E-state index >= 15 is 0 Å². The summed E-state index contributed by atoms with van der Waals surface area (Å²) in [5.74, 6) is 0.0956. The fraction of sp³-hybridized carbons (Fsp3) is 0.263. The predicted octanol–water partition coefficient (Wildman–Crippen LogP) is 4.10. The third-order valence-corrected chi connectivity index (χ3v) is 2.83. The number of hydrogen-bond donors (Lipinski definition) is 0. The maximum absolute atomic E-state index is 11.9. The van der Waals surface area contributed by atoms with E-state index in [-0.39, 0.29) is 0 Å². The fourth-order valence-corrected chi connectivity index (χ4v) is 1.91. The van der Waals surface area contributed by atoms with Gasteiger partial charge in [0.15, 0.2) is 0 Å². The van der Waals surface area contributed by atoms with Gasteiger partial charge in [-0.2, -0.15) is 0 Å². The molecule has 4 nitrogen and oxygen atoms in total. The first-order chi connectivity index (χ1) is 10.9. The van der Waals surface area contributed by atoms with Crippen molar-refractivity contribution in [1.29, 1.82) is 0 Å². The van der Waals surface area contributed by atoms with E-state index in [4.69, 9.17) is 9.47 Å². The molecule has 0 spiro atoms. The first-order valence-electron chi connectivity index (χ1n) is 7.48. The zero-order valence-electron chi connectivity index (χ0n) is 13.6. The van der Waals surface area contributed by atoms with Crippen molar-refractivity contribution in [2.24, 2.45) is 0 Å². The van der Waals surface area contributed by atoms with Gasteiger partial charge in [0, 0.05) is 18.3 Å². The highest BCUT2D eigenvalue weighted by Crippen LogP contribution is 2.21. The summed E-state index contributed by atoms with van der Waals surface area (Å²) in [6, 6.07) is 15.1. The first kappa shape index (κ1) is 16.7. The van der Waals surface area contributed by atoms with Gasteiger partial charge >= 0.3 is 5.97 Å². The molecule has 0 N–H and O–H groups in total. The molecule has 4 heteroatoms. The van der Waals surface area contributed by atoms with E-state index in [1.165, 1.54) is 6.08 Å². The molecule has 0 saturated heterocycles. The predicted molar refractivity (Wildman–Crippen MR) is 89.0 cm³/mol. The Bertz CT molecular complexity index is 645. The van der Waals surface area contributed by atoms with Gasteiger partial charge in [-0.1, -0.05) is 36.4 Å². The van der Waals surface area contributed by atoms with Crippen molar-refractivity contribution >= 4 is 5.97 Å². The smallest absolute Gasteiger partial charge is 0.331 e. The van der Waals surface area contributed by atoms with E-state index in [0.717, 1.165) is 5.56 Å². The van der Waals surface area contributed by atoms with Gasteiger partial charge in [-0.15, -0.1) is 0 Å². The molecule has 1 atom stereocenters. The summed E-state index contributed by atoms with van der Waals surface area (Å²) in [5, 5.41) is 0. The SMILES string of the molecule is CC(C)(C)OC(=O)/C=C/C(Oc1ccccn1)c1ccccc1. The lowest BCUT2D eigenvalue weighted by Gasteiger charge is -2.19. The molecule has 120 valence electrons. The molecule has 0 aliphatic heterocycles. The minimum Gasteiger partial charge on any atom is -0.465 e. The Labute approximate surface area is 136 Å². The number of rotatable bonds is 5. The second-order valence-corrected chi connectivity index (χ2v) is 6.01. The lowest BCUT2D eigenvalue weighted by molar-refractivity contribution is -0.148. The zero-order valence-corrected chi connectivity index (χ0v) is 13.6. The Morgan fingerprint density at radius 2 is 1.78 bits per heavy atom. The molecule has 1 unspecified atom stereocenters. The largest absolute Gasteiger partial charge is 0.465 e. The molecule has 23 heavy (non-hydrogen) atoms. The van der Waals surface area contributed by atoms with Crippen molar-refractivity contribution in [2.45, 2.75) is 32.5 Å². The van der Waals surface area contributed by atoms with Crippen LogP contribution in [-0.4, -0.2) is 16.6 Å². The summed E-state index contributed by atoms with van der Waals surface area (Å²) in [6.07, 6.45) is 4.32. The minimum absolute atomic E-state index is 0.400. The normalized spacial score (nSPS) is 12.8. The van der Waals surface area contributed by atoms with E-state index in [9.17, 15) is 4.79 Å². The summed E-state index contributed by atoms with van der Waals surface area (Å²) >= 11 is 0. The number of esters is 1. The number of hydrogen-bond acceptors (Lipinski definition) is 4. The molecule has 0 amide bonds. The van der Waals surface area contributed by atoms with Crippen LogP contribution in [0, 0.1) is 0 Å². The number of carbonyl (C=O) groups is 1. The molecule has 2 aromatic rings. The van der Waals surface area contributed by atoms with Crippen LogP contribution in [0.3, 0.4) is 0 Å². The van der Waals surface area contributed by atoms with E-state index in [2.05, 4.69) is 4.98 Å². The summed E-state index contributed by atoms with van der Waals surface area (Å²) in [6.45, 7) is 5.49. The van der Waals surface area contributed by atoms with Gasteiger partial charge < -0.3 is 9.47 Å². The van der Waals surface area contributed by atoms with Crippen LogP contribution in [0.5, 0.6) is 5.88 Å². The highest BCUT2D eigenvalue weighted by atomic mass is 16.6. The Kier molecular flexibility index (Phi) is 5.52. The summed E-state index contributed by atoms with van der Waals surface area (Å²) in [4.78, 5) is 16.0. The van der Waals surface area contributed by atoms with Crippen LogP contribution in [0.2, 0.25) is 0 Å². The fourth-order valence-electron chi connectivity index (χ4n) is 1.91. The monoisotopic (exact) mass is 311 g/mol.